The summed E-state index contributed by atoms with van der Waals surface area (Å²) in [5.41, 5.74) is 5.72. The van der Waals surface area contributed by atoms with Crippen molar-refractivity contribution in [2.45, 2.75) is 13.8 Å². The normalized spacial score (nSPS) is 10.7. The van der Waals surface area contributed by atoms with E-state index >= 15 is 0 Å². The molecule has 4 rings (SSSR count). The van der Waals surface area contributed by atoms with Crippen molar-refractivity contribution in [3.05, 3.63) is 83.4 Å². The summed E-state index contributed by atoms with van der Waals surface area (Å²) in [6, 6.07) is 21.1. The van der Waals surface area contributed by atoms with Gasteiger partial charge in [0.25, 0.3) is 5.91 Å². The lowest BCUT2D eigenvalue weighted by atomic mass is 10.0. The Bertz CT molecular complexity index is 1260. The predicted molar refractivity (Wildman–Crippen MR) is 124 cm³/mol. The van der Waals surface area contributed by atoms with Crippen LogP contribution in [-0.4, -0.2) is 25.1 Å². The lowest BCUT2D eigenvalue weighted by molar-refractivity contribution is 0.102. The number of hydrogen-bond acceptors (Lipinski definition) is 4. The van der Waals surface area contributed by atoms with E-state index in [0.29, 0.717) is 22.8 Å². The van der Waals surface area contributed by atoms with Crippen LogP contribution in [0.15, 0.2) is 66.7 Å². The van der Waals surface area contributed by atoms with Gasteiger partial charge in [0.2, 0.25) is 0 Å². The highest BCUT2D eigenvalue weighted by atomic mass is 16.5. The molecule has 0 unspecified atom stereocenters. The van der Waals surface area contributed by atoms with Crippen LogP contribution in [0.4, 0.5) is 5.69 Å². The minimum Gasteiger partial charge on any atom is -0.493 e. The molecule has 0 aliphatic carbocycles. The van der Waals surface area contributed by atoms with Crippen molar-refractivity contribution in [3.63, 3.8) is 0 Å². The lowest BCUT2D eigenvalue weighted by Crippen LogP contribution is -2.15. The first-order valence-corrected chi connectivity index (χ1v) is 10.0. The van der Waals surface area contributed by atoms with Crippen LogP contribution < -0.4 is 14.8 Å². The van der Waals surface area contributed by atoms with Gasteiger partial charge in [-0.05, 0) is 55.3 Å². The zero-order valence-electron chi connectivity index (χ0n) is 18.0. The third-order valence-electron chi connectivity index (χ3n) is 5.36. The van der Waals surface area contributed by atoms with Crippen LogP contribution in [0, 0.1) is 13.8 Å². The van der Waals surface area contributed by atoms with Crippen molar-refractivity contribution in [3.8, 4) is 22.8 Å². The summed E-state index contributed by atoms with van der Waals surface area (Å²) >= 11 is 0. The Balaban J connectivity index is 1.83. The number of nitrogens with zero attached hydrogens (tertiary/aromatic N) is 1. The fraction of sp³-hybridized carbons (Fsp3) is 0.154. The molecule has 1 aromatic heterocycles. The smallest absolute Gasteiger partial charge is 0.256 e. The molecule has 5 heteroatoms. The second-order valence-electron chi connectivity index (χ2n) is 7.36. The van der Waals surface area contributed by atoms with Gasteiger partial charge in [-0.25, -0.2) is 4.98 Å². The van der Waals surface area contributed by atoms with Crippen LogP contribution in [-0.2, 0) is 0 Å². The molecule has 156 valence electrons. The van der Waals surface area contributed by atoms with Gasteiger partial charge in [0.05, 0.1) is 31.0 Å². The highest BCUT2D eigenvalue weighted by Gasteiger charge is 2.16. The molecule has 0 saturated heterocycles. The van der Waals surface area contributed by atoms with Gasteiger partial charge in [-0.2, -0.15) is 0 Å². The summed E-state index contributed by atoms with van der Waals surface area (Å²) in [4.78, 5) is 18.1. The number of anilines is 1. The molecule has 0 spiro atoms. The fourth-order valence-corrected chi connectivity index (χ4v) is 3.70. The van der Waals surface area contributed by atoms with E-state index in [4.69, 9.17) is 14.5 Å². The molecular formula is C26H24N2O3. The number of hydrogen-bond donors (Lipinski definition) is 1. The number of aryl methyl sites for hydroxylation is 2. The van der Waals surface area contributed by atoms with Crippen molar-refractivity contribution < 1.29 is 14.3 Å². The molecule has 31 heavy (non-hydrogen) atoms. The Morgan fingerprint density at radius 1 is 0.839 bits per heavy atom. The molecule has 0 atom stereocenters. The zero-order valence-corrected chi connectivity index (χ0v) is 18.0. The summed E-state index contributed by atoms with van der Waals surface area (Å²) in [5.74, 6) is 1.08. The average molecular weight is 412 g/mol. The quantitative estimate of drug-likeness (QED) is 0.451. The number of amides is 1. The Kier molecular flexibility index (Phi) is 5.58. The number of benzene rings is 3. The molecule has 0 bridgehead atoms. The number of rotatable bonds is 5. The number of carbonyl (C=O) groups is 1. The van der Waals surface area contributed by atoms with Crippen molar-refractivity contribution in [2.75, 3.05) is 19.5 Å². The van der Waals surface area contributed by atoms with E-state index < -0.39 is 0 Å². The molecule has 0 saturated carbocycles. The largest absolute Gasteiger partial charge is 0.493 e. The first kappa shape index (κ1) is 20.4. The number of methoxy groups -OCH3 is 2. The average Bonchev–Trinajstić information content (AvgIpc) is 2.80. The molecule has 1 heterocycles. The standard InChI is InChI=1S/C26H24N2O3/c1-16-8-7-9-17(2)25(16)28-26(29)20-15-22(27-21-11-6-5-10-19(20)21)18-12-13-23(30-3)24(14-18)31-4/h5-15H,1-4H3,(H,28,29). The van der Waals surface area contributed by atoms with E-state index in [1.807, 2.05) is 80.6 Å². The summed E-state index contributed by atoms with van der Waals surface area (Å²) in [7, 11) is 3.20. The van der Waals surface area contributed by atoms with Crippen molar-refractivity contribution in [2.24, 2.45) is 0 Å². The Morgan fingerprint density at radius 2 is 1.55 bits per heavy atom. The van der Waals surface area contributed by atoms with E-state index in [0.717, 1.165) is 33.3 Å². The third-order valence-corrected chi connectivity index (χ3v) is 5.36. The van der Waals surface area contributed by atoms with Crippen LogP contribution in [0.3, 0.4) is 0 Å². The molecule has 0 fully saturated rings. The number of ether oxygens (including phenoxy) is 2. The summed E-state index contributed by atoms with van der Waals surface area (Å²) in [6.07, 6.45) is 0. The van der Waals surface area contributed by atoms with Crippen LogP contribution in [0.25, 0.3) is 22.2 Å². The maximum atomic E-state index is 13.4. The second kappa shape index (κ2) is 8.48. The van der Waals surface area contributed by atoms with Crippen LogP contribution in [0.1, 0.15) is 21.5 Å². The van der Waals surface area contributed by atoms with Gasteiger partial charge in [-0.15, -0.1) is 0 Å². The van der Waals surface area contributed by atoms with Crippen molar-refractivity contribution >= 4 is 22.5 Å². The van der Waals surface area contributed by atoms with Gasteiger partial charge in [0.1, 0.15) is 0 Å². The lowest BCUT2D eigenvalue weighted by Gasteiger charge is -2.14. The van der Waals surface area contributed by atoms with Gasteiger partial charge in [-0.3, -0.25) is 4.79 Å². The molecule has 3 aromatic carbocycles. The number of aromatic nitrogens is 1. The van der Waals surface area contributed by atoms with Gasteiger partial charge in [0, 0.05) is 16.6 Å². The summed E-state index contributed by atoms with van der Waals surface area (Å²) in [5, 5.41) is 3.90. The molecule has 0 aliphatic heterocycles. The van der Waals surface area contributed by atoms with Crippen LogP contribution >= 0.6 is 0 Å². The minimum atomic E-state index is -0.169. The van der Waals surface area contributed by atoms with Crippen molar-refractivity contribution in [1.82, 2.24) is 4.98 Å². The molecular weight excluding hydrogens is 388 g/mol. The van der Waals surface area contributed by atoms with Gasteiger partial charge < -0.3 is 14.8 Å². The van der Waals surface area contributed by atoms with Gasteiger partial charge >= 0.3 is 0 Å². The highest BCUT2D eigenvalue weighted by Crippen LogP contribution is 2.33. The van der Waals surface area contributed by atoms with E-state index in [2.05, 4.69) is 5.32 Å². The number of fused-ring (bicyclic) bond motifs is 1. The monoisotopic (exact) mass is 412 g/mol. The van der Waals surface area contributed by atoms with E-state index in [1.165, 1.54) is 0 Å². The molecule has 0 aliphatic rings. The minimum absolute atomic E-state index is 0.169. The molecule has 1 N–H and O–H groups in total. The van der Waals surface area contributed by atoms with E-state index in [9.17, 15) is 4.79 Å². The van der Waals surface area contributed by atoms with Gasteiger partial charge in [0.15, 0.2) is 11.5 Å². The molecule has 4 aromatic rings. The van der Waals surface area contributed by atoms with E-state index in [1.54, 1.807) is 14.2 Å². The molecule has 0 radical (unpaired) electrons. The summed E-state index contributed by atoms with van der Waals surface area (Å²) < 4.78 is 10.8. The number of nitrogens with one attached hydrogen (secondary N) is 1. The maximum Gasteiger partial charge on any atom is 0.256 e. The summed E-state index contributed by atoms with van der Waals surface area (Å²) in [6.45, 7) is 3.98. The van der Waals surface area contributed by atoms with Gasteiger partial charge in [-0.1, -0.05) is 36.4 Å². The maximum absolute atomic E-state index is 13.4. The number of pyridine rings is 1. The fourth-order valence-electron chi connectivity index (χ4n) is 3.70. The zero-order chi connectivity index (χ0) is 22.0. The SMILES string of the molecule is COc1ccc(-c2cc(C(=O)Nc3c(C)cccc3C)c3ccccc3n2)cc1OC. The number of para-hydroxylation sites is 2. The molecule has 1 amide bonds. The predicted octanol–water partition coefficient (Wildman–Crippen LogP) is 5.79. The van der Waals surface area contributed by atoms with Crippen LogP contribution in [0.5, 0.6) is 11.5 Å². The third kappa shape index (κ3) is 3.94. The highest BCUT2D eigenvalue weighted by molar-refractivity contribution is 6.13. The van der Waals surface area contributed by atoms with E-state index in [-0.39, 0.29) is 5.91 Å². The van der Waals surface area contributed by atoms with Crippen LogP contribution in [0.2, 0.25) is 0 Å². The topological polar surface area (TPSA) is 60.5 Å². The first-order chi connectivity index (χ1) is 15.0. The van der Waals surface area contributed by atoms with Crippen molar-refractivity contribution in [1.29, 1.82) is 0 Å². The second-order valence-corrected chi connectivity index (χ2v) is 7.36. The number of carbonyl (C=O) groups excluding carboxylic acids is 1. The first-order valence-electron chi connectivity index (χ1n) is 10.0. The Morgan fingerprint density at radius 3 is 2.26 bits per heavy atom. The Labute approximate surface area is 181 Å². The Hall–Kier alpha value is -3.86. The molecule has 5 nitrogen and oxygen atoms in total.